The van der Waals surface area contributed by atoms with Crippen LogP contribution in [-0.2, 0) is 9.53 Å². The van der Waals surface area contributed by atoms with Crippen molar-refractivity contribution in [1.29, 1.82) is 0 Å². The highest BCUT2D eigenvalue weighted by atomic mass is 16.5. The highest BCUT2D eigenvalue weighted by Crippen LogP contribution is 2.28. The van der Waals surface area contributed by atoms with Crippen LogP contribution in [0.15, 0.2) is 0 Å². The maximum atomic E-state index is 12.0. The molecule has 4 nitrogen and oxygen atoms in total. The van der Waals surface area contributed by atoms with Crippen LogP contribution in [0.3, 0.4) is 0 Å². The molecule has 0 aromatic carbocycles. The van der Waals surface area contributed by atoms with Crippen LogP contribution in [-0.4, -0.2) is 53.7 Å². The van der Waals surface area contributed by atoms with E-state index < -0.39 is 0 Å². The van der Waals surface area contributed by atoms with Crippen molar-refractivity contribution in [3.8, 4) is 0 Å². The zero-order valence-electron chi connectivity index (χ0n) is 12.4. The van der Waals surface area contributed by atoms with E-state index in [-0.39, 0.29) is 24.2 Å². The second-order valence-electron chi connectivity index (χ2n) is 6.92. The van der Waals surface area contributed by atoms with Gasteiger partial charge in [-0.05, 0) is 32.6 Å². The Balaban J connectivity index is 1.95. The number of morpholine rings is 1. The minimum atomic E-state index is -0.241. The van der Waals surface area contributed by atoms with E-state index in [1.807, 2.05) is 13.8 Å². The number of Topliss-reactive ketones (excluding diaryl/α,β-unsaturated/α-hetero) is 1. The van der Waals surface area contributed by atoms with Crippen LogP contribution in [0.5, 0.6) is 0 Å². The average molecular weight is 269 g/mol. The molecule has 1 aliphatic heterocycles. The van der Waals surface area contributed by atoms with Crippen molar-refractivity contribution in [2.75, 3.05) is 26.2 Å². The van der Waals surface area contributed by atoms with Gasteiger partial charge in [-0.3, -0.25) is 9.69 Å². The van der Waals surface area contributed by atoms with E-state index in [9.17, 15) is 9.90 Å². The van der Waals surface area contributed by atoms with Crippen LogP contribution >= 0.6 is 0 Å². The molecule has 0 radical (unpaired) electrons. The standard InChI is InChI=1S/C15H27NO3/c1-11-4-5-14(18)12(6-11)7-16-8-13(9-17)19-15(2,3)10-16/h11-13,17H,4-10H2,1-3H3. The van der Waals surface area contributed by atoms with Gasteiger partial charge < -0.3 is 9.84 Å². The predicted octanol–water partition coefficient (Wildman–Crippen LogP) is 1.46. The molecule has 4 heteroatoms. The van der Waals surface area contributed by atoms with Gasteiger partial charge in [-0.2, -0.15) is 0 Å². The smallest absolute Gasteiger partial charge is 0.137 e. The topological polar surface area (TPSA) is 49.8 Å². The second kappa shape index (κ2) is 5.90. The molecular formula is C15H27NO3. The molecule has 0 aromatic heterocycles. The van der Waals surface area contributed by atoms with Crippen LogP contribution in [0.2, 0.25) is 0 Å². The van der Waals surface area contributed by atoms with Gasteiger partial charge in [0.15, 0.2) is 0 Å². The number of carbonyl (C=O) groups excluding carboxylic acids is 1. The molecule has 0 aromatic rings. The SMILES string of the molecule is CC1CCC(=O)C(CN2CC(CO)OC(C)(C)C2)C1. The van der Waals surface area contributed by atoms with Crippen molar-refractivity contribution in [3.05, 3.63) is 0 Å². The van der Waals surface area contributed by atoms with Gasteiger partial charge in [0.05, 0.1) is 18.3 Å². The average Bonchev–Trinajstić information content (AvgIpc) is 2.32. The summed E-state index contributed by atoms with van der Waals surface area (Å²) in [6, 6.07) is 0. The van der Waals surface area contributed by atoms with Crippen molar-refractivity contribution in [2.45, 2.75) is 51.7 Å². The van der Waals surface area contributed by atoms with Gasteiger partial charge in [-0.1, -0.05) is 6.92 Å². The molecule has 0 spiro atoms. The zero-order valence-corrected chi connectivity index (χ0v) is 12.4. The van der Waals surface area contributed by atoms with Crippen molar-refractivity contribution >= 4 is 5.78 Å². The van der Waals surface area contributed by atoms with Gasteiger partial charge in [0.1, 0.15) is 5.78 Å². The lowest BCUT2D eigenvalue weighted by Gasteiger charge is -2.43. The third kappa shape index (κ3) is 4.01. The lowest BCUT2D eigenvalue weighted by atomic mass is 9.81. The molecule has 2 fully saturated rings. The summed E-state index contributed by atoms with van der Waals surface area (Å²) < 4.78 is 5.81. The van der Waals surface area contributed by atoms with E-state index in [0.717, 1.165) is 38.9 Å². The van der Waals surface area contributed by atoms with Gasteiger partial charge in [0, 0.05) is 32.0 Å². The molecule has 3 unspecified atom stereocenters. The van der Waals surface area contributed by atoms with Crippen LogP contribution < -0.4 is 0 Å². The second-order valence-corrected chi connectivity index (χ2v) is 6.92. The van der Waals surface area contributed by atoms with E-state index in [0.29, 0.717) is 11.7 Å². The number of hydrogen-bond donors (Lipinski definition) is 1. The number of ketones is 1. The lowest BCUT2D eigenvalue weighted by molar-refractivity contribution is -0.153. The molecular weight excluding hydrogens is 242 g/mol. The fourth-order valence-corrected chi connectivity index (χ4v) is 3.47. The summed E-state index contributed by atoms with van der Waals surface area (Å²) in [5, 5.41) is 9.32. The summed E-state index contributed by atoms with van der Waals surface area (Å²) >= 11 is 0. The summed E-state index contributed by atoms with van der Waals surface area (Å²) in [7, 11) is 0. The lowest BCUT2D eigenvalue weighted by Crippen LogP contribution is -2.55. The summed E-state index contributed by atoms with van der Waals surface area (Å²) in [6.07, 6.45) is 2.67. The maximum absolute atomic E-state index is 12.0. The largest absolute Gasteiger partial charge is 0.394 e. The Bertz CT molecular complexity index is 329. The Morgan fingerprint density at radius 1 is 1.47 bits per heavy atom. The number of aliphatic hydroxyl groups excluding tert-OH is 1. The Kier molecular flexibility index (Phi) is 4.64. The molecule has 19 heavy (non-hydrogen) atoms. The minimum Gasteiger partial charge on any atom is -0.394 e. The zero-order chi connectivity index (χ0) is 14.0. The van der Waals surface area contributed by atoms with Gasteiger partial charge in [0.2, 0.25) is 0 Å². The number of aliphatic hydroxyl groups is 1. The van der Waals surface area contributed by atoms with Crippen molar-refractivity contribution in [3.63, 3.8) is 0 Å². The van der Waals surface area contributed by atoms with Crippen LogP contribution in [0, 0.1) is 11.8 Å². The molecule has 2 rings (SSSR count). The third-order valence-electron chi connectivity index (χ3n) is 4.26. The van der Waals surface area contributed by atoms with Gasteiger partial charge in [0.25, 0.3) is 0 Å². The molecule has 2 aliphatic rings. The van der Waals surface area contributed by atoms with Gasteiger partial charge >= 0.3 is 0 Å². The van der Waals surface area contributed by atoms with Crippen LogP contribution in [0.25, 0.3) is 0 Å². The molecule has 1 N–H and O–H groups in total. The fourth-order valence-electron chi connectivity index (χ4n) is 3.47. The van der Waals surface area contributed by atoms with E-state index in [2.05, 4.69) is 11.8 Å². The molecule has 3 atom stereocenters. The first-order valence-corrected chi connectivity index (χ1v) is 7.43. The fraction of sp³-hybridized carbons (Fsp3) is 0.933. The third-order valence-corrected chi connectivity index (χ3v) is 4.26. The summed E-state index contributed by atoms with van der Waals surface area (Å²) in [5.74, 6) is 1.25. The number of nitrogens with zero attached hydrogens (tertiary/aromatic N) is 1. The quantitative estimate of drug-likeness (QED) is 0.843. The summed E-state index contributed by atoms with van der Waals surface area (Å²) in [5.41, 5.74) is -0.241. The van der Waals surface area contributed by atoms with Crippen molar-refractivity contribution in [2.24, 2.45) is 11.8 Å². The Morgan fingerprint density at radius 2 is 2.21 bits per heavy atom. The van der Waals surface area contributed by atoms with Gasteiger partial charge in [-0.25, -0.2) is 0 Å². The van der Waals surface area contributed by atoms with Crippen LogP contribution in [0.1, 0.15) is 40.0 Å². The molecule has 1 aliphatic carbocycles. The first kappa shape index (κ1) is 14.9. The summed E-state index contributed by atoms with van der Waals surface area (Å²) in [4.78, 5) is 14.3. The number of ether oxygens (including phenoxy) is 1. The first-order valence-electron chi connectivity index (χ1n) is 7.43. The van der Waals surface area contributed by atoms with Crippen molar-refractivity contribution < 1.29 is 14.6 Å². The highest BCUT2D eigenvalue weighted by Gasteiger charge is 2.36. The normalized spacial score (nSPS) is 36.4. The maximum Gasteiger partial charge on any atom is 0.137 e. The summed E-state index contributed by atoms with van der Waals surface area (Å²) in [6.45, 7) is 8.78. The molecule has 110 valence electrons. The minimum absolute atomic E-state index is 0.0505. The molecule has 0 amide bonds. The first-order chi connectivity index (χ1) is 8.89. The van der Waals surface area contributed by atoms with E-state index in [1.54, 1.807) is 0 Å². The molecule has 1 saturated carbocycles. The number of hydrogen-bond acceptors (Lipinski definition) is 4. The molecule has 0 bridgehead atoms. The Morgan fingerprint density at radius 3 is 2.89 bits per heavy atom. The van der Waals surface area contributed by atoms with Crippen molar-refractivity contribution in [1.82, 2.24) is 4.90 Å². The van der Waals surface area contributed by atoms with E-state index >= 15 is 0 Å². The van der Waals surface area contributed by atoms with E-state index in [1.165, 1.54) is 0 Å². The van der Waals surface area contributed by atoms with E-state index in [4.69, 9.17) is 4.74 Å². The highest BCUT2D eigenvalue weighted by molar-refractivity contribution is 5.81. The number of carbonyl (C=O) groups is 1. The van der Waals surface area contributed by atoms with Crippen LogP contribution in [0.4, 0.5) is 0 Å². The monoisotopic (exact) mass is 269 g/mol. The van der Waals surface area contributed by atoms with Gasteiger partial charge in [-0.15, -0.1) is 0 Å². The number of rotatable bonds is 3. The molecule has 1 saturated heterocycles. The Hall–Kier alpha value is -0.450. The predicted molar refractivity (Wildman–Crippen MR) is 74.0 cm³/mol. The molecule has 1 heterocycles. The Labute approximate surface area is 116 Å².